The van der Waals surface area contributed by atoms with Crippen molar-refractivity contribution in [2.45, 2.75) is 25.8 Å². The molecule has 0 unspecified atom stereocenters. The van der Waals surface area contributed by atoms with E-state index in [1.54, 1.807) is 0 Å². The van der Waals surface area contributed by atoms with Gasteiger partial charge in [-0.2, -0.15) is 0 Å². The van der Waals surface area contributed by atoms with Crippen LogP contribution in [0.15, 0.2) is 0 Å². The van der Waals surface area contributed by atoms with Gasteiger partial charge in [0.2, 0.25) is 0 Å². The summed E-state index contributed by atoms with van der Waals surface area (Å²) in [7, 11) is 1.93. The second kappa shape index (κ2) is 3.01. The van der Waals surface area contributed by atoms with Crippen molar-refractivity contribution >= 4 is 0 Å². The van der Waals surface area contributed by atoms with Crippen LogP contribution in [-0.4, -0.2) is 44.2 Å². The van der Waals surface area contributed by atoms with Crippen LogP contribution in [0.1, 0.15) is 25.6 Å². The van der Waals surface area contributed by atoms with Crippen molar-refractivity contribution in [3.8, 4) is 0 Å². The summed E-state index contributed by atoms with van der Waals surface area (Å²) in [5.41, 5.74) is 0. The molecule has 82 valence electrons. The third kappa shape index (κ3) is 1.29. The number of hydrogen-bond donors (Lipinski definition) is 0. The summed E-state index contributed by atoms with van der Waals surface area (Å²) in [6, 6.07) is 0.677. The minimum absolute atomic E-state index is 0.625. The topological polar surface area (TPSA) is 46.8 Å². The first-order valence-corrected chi connectivity index (χ1v) is 5.64. The maximum Gasteiger partial charge on any atom is 0.154 e. The molecule has 1 aromatic rings. The van der Waals surface area contributed by atoms with Crippen LogP contribution in [0.5, 0.6) is 0 Å². The minimum atomic E-state index is 0.625. The fourth-order valence-corrected chi connectivity index (χ4v) is 2.88. The molecule has 2 heterocycles. The van der Waals surface area contributed by atoms with Gasteiger partial charge in [-0.05, 0) is 36.1 Å². The van der Waals surface area contributed by atoms with Crippen molar-refractivity contribution in [3.63, 3.8) is 0 Å². The zero-order valence-corrected chi connectivity index (χ0v) is 9.46. The molecule has 5 heteroatoms. The van der Waals surface area contributed by atoms with Gasteiger partial charge in [-0.3, -0.25) is 0 Å². The molecule has 2 aliphatic rings. The number of likely N-dealkylation sites (tertiary alicyclic amines) is 1. The van der Waals surface area contributed by atoms with Crippen LogP contribution in [0, 0.1) is 11.8 Å². The van der Waals surface area contributed by atoms with Crippen molar-refractivity contribution in [3.05, 3.63) is 5.82 Å². The second-order valence-corrected chi connectivity index (χ2v) is 5.06. The zero-order chi connectivity index (χ0) is 10.6. The van der Waals surface area contributed by atoms with Crippen LogP contribution >= 0.6 is 0 Å². The summed E-state index contributed by atoms with van der Waals surface area (Å²) in [6.07, 6.45) is 0. The number of tetrazole rings is 1. The molecule has 5 nitrogen and oxygen atoms in total. The van der Waals surface area contributed by atoms with Gasteiger partial charge in [-0.1, -0.05) is 0 Å². The molecule has 15 heavy (non-hydrogen) atoms. The lowest BCUT2D eigenvalue weighted by Gasteiger charge is -2.23. The van der Waals surface area contributed by atoms with E-state index < -0.39 is 0 Å². The van der Waals surface area contributed by atoms with Crippen LogP contribution in [0.2, 0.25) is 0 Å². The molecular weight excluding hydrogens is 190 g/mol. The van der Waals surface area contributed by atoms with Gasteiger partial charge in [-0.15, -0.1) is 5.10 Å². The van der Waals surface area contributed by atoms with Crippen LogP contribution < -0.4 is 0 Å². The van der Waals surface area contributed by atoms with Gasteiger partial charge in [0.25, 0.3) is 0 Å². The first-order valence-electron chi connectivity index (χ1n) is 5.64. The van der Waals surface area contributed by atoms with E-state index in [2.05, 4.69) is 34.3 Å². The molecule has 0 bridgehead atoms. The van der Waals surface area contributed by atoms with E-state index in [0.29, 0.717) is 12.0 Å². The molecule has 0 aromatic carbocycles. The van der Waals surface area contributed by atoms with Crippen LogP contribution in [0.3, 0.4) is 0 Å². The predicted octanol–water partition coefficient (Wildman–Crippen LogP) is 0.264. The fraction of sp³-hybridized carbons (Fsp3) is 0.900. The van der Waals surface area contributed by atoms with Crippen molar-refractivity contribution in [2.24, 2.45) is 18.9 Å². The van der Waals surface area contributed by atoms with Gasteiger partial charge < -0.3 is 4.90 Å². The van der Waals surface area contributed by atoms with E-state index in [4.69, 9.17) is 0 Å². The average Bonchev–Trinajstić information content (AvgIpc) is 2.63. The van der Waals surface area contributed by atoms with E-state index in [1.807, 2.05) is 11.7 Å². The zero-order valence-electron chi connectivity index (χ0n) is 9.46. The van der Waals surface area contributed by atoms with Crippen LogP contribution in [0.25, 0.3) is 0 Å². The van der Waals surface area contributed by atoms with Crippen molar-refractivity contribution in [2.75, 3.05) is 13.1 Å². The smallest absolute Gasteiger partial charge is 0.154 e. The van der Waals surface area contributed by atoms with Gasteiger partial charge in [-0.25, -0.2) is 4.68 Å². The van der Waals surface area contributed by atoms with Crippen LogP contribution in [-0.2, 0) is 7.05 Å². The normalized spacial score (nSPS) is 34.8. The van der Waals surface area contributed by atoms with Crippen molar-refractivity contribution in [1.82, 2.24) is 25.1 Å². The summed E-state index contributed by atoms with van der Waals surface area (Å²) in [4.78, 5) is 2.55. The number of hydrogen-bond acceptors (Lipinski definition) is 4. The molecule has 1 aliphatic carbocycles. The summed E-state index contributed by atoms with van der Waals surface area (Å²) in [5, 5.41) is 11.7. The van der Waals surface area contributed by atoms with Gasteiger partial charge in [0.05, 0.1) is 0 Å². The molecule has 1 saturated carbocycles. The Balaban J connectivity index is 1.71. The Morgan fingerprint density at radius 2 is 1.93 bits per heavy atom. The van der Waals surface area contributed by atoms with Gasteiger partial charge >= 0.3 is 0 Å². The highest BCUT2D eigenvalue weighted by Gasteiger charge is 2.58. The molecule has 0 spiro atoms. The lowest BCUT2D eigenvalue weighted by molar-refractivity contribution is 0.241. The van der Waals surface area contributed by atoms with Crippen LogP contribution in [0.4, 0.5) is 0 Å². The monoisotopic (exact) mass is 207 g/mol. The second-order valence-electron chi connectivity index (χ2n) is 5.06. The first kappa shape index (κ1) is 9.27. The molecule has 0 amide bonds. The maximum absolute atomic E-state index is 4.11. The van der Waals surface area contributed by atoms with Crippen molar-refractivity contribution in [1.29, 1.82) is 0 Å². The Hall–Kier alpha value is -0.970. The Labute approximate surface area is 89.4 Å². The standard InChI is InChI=1S/C10H17N5/c1-6(2)15-4-7-8(5-15)9(7)10-11-12-13-14(10)3/h6-9H,4-5H2,1-3H3/t7-,8+,9+. The third-order valence-electron chi connectivity index (χ3n) is 3.90. The maximum atomic E-state index is 4.11. The van der Waals surface area contributed by atoms with Gasteiger partial charge in [0, 0.05) is 32.1 Å². The Kier molecular flexibility index (Phi) is 1.86. The van der Waals surface area contributed by atoms with E-state index in [9.17, 15) is 0 Å². The number of aromatic nitrogens is 4. The Morgan fingerprint density at radius 1 is 1.27 bits per heavy atom. The summed E-state index contributed by atoms with van der Waals surface area (Å²) in [6.45, 7) is 6.98. The highest BCUT2D eigenvalue weighted by Crippen LogP contribution is 2.57. The molecule has 1 aromatic heterocycles. The Bertz CT molecular complexity index is 360. The number of fused-ring (bicyclic) bond motifs is 1. The highest BCUT2D eigenvalue weighted by molar-refractivity contribution is 5.19. The number of nitrogens with zero attached hydrogens (tertiary/aromatic N) is 5. The summed E-state index contributed by atoms with van der Waals surface area (Å²) in [5.74, 6) is 3.31. The molecule has 0 radical (unpaired) electrons. The average molecular weight is 207 g/mol. The lowest BCUT2D eigenvalue weighted by Crippen LogP contribution is -2.31. The van der Waals surface area contributed by atoms with E-state index in [1.165, 1.54) is 13.1 Å². The molecule has 0 N–H and O–H groups in total. The van der Waals surface area contributed by atoms with E-state index in [-0.39, 0.29) is 0 Å². The molecular formula is C10H17N5. The summed E-state index contributed by atoms with van der Waals surface area (Å²) >= 11 is 0. The number of rotatable bonds is 2. The quantitative estimate of drug-likeness (QED) is 0.698. The van der Waals surface area contributed by atoms with Gasteiger partial charge in [0.15, 0.2) is 5.82 Å². The lowest BCUT2D eigenvalue weighted by atomic mass is 10.2. The molecule has 2 fully saturated rings. The van der Waals surface area contributed by atoms with E-state index >= 15 is 0 Å². The van der Waals surface area contributed by atoms with Crippen molar-refractivity contribution < 1.29 is 0 Å². The first-order chi connectivity index (χ1) is 7.18. The molecule has 3 atom stereocenters. The SMILES string of the molecule is CC(C)N1C[C@@H]2[C@H](C1)[C@H]2c1nnnn1C. The van der Waals surface area contributed by atoms with Gasteiger partial charge in [0.1, 0.15) is 0 Å². The highest BCUT2D eigenvalue weighted by atomic mass is 15.5. The molecule has 3 rings (SSSR count). The predicted molar refractivity (Wildman–Crippen MR) is 55.2 cm³/mol. The molecule has 1 aliphatic heterocycles. The number of piperidine rings is 1. The largest absolute Gasteiger partial charge is 0.300 e. The van der Waals surface area contributed by atoms with E-state index in [0.717, 1.165) is 17.7 Å². The fourth-order valence-electron chi connectivity index (χ4n) is 2.88. The minimum Gasteiger partial charge on any atom is -0.300 e. The number of aryl methyl sites for hydroxylation is 1. The molecule has 1 saturated heterocycles. The third-order valence-corrected chi connectivity index (χ3v) is 3.90. The summed E-state index contributed by atoms with van der Waals surface area (Å²) < 4.78 is 1.82. The Morgan fingerprint density at radius 3 is 2.40 bits per heavy atom.